The molecule has 0 aliphatic heterocycles. The van der Waals surface area contributed by atoms with E-state index in [2.05, 4.69) is 28.2 Å². The van der Waals surface area contributed by atoms with Crippen molar-refractivity contribution in [1.82, 2.24) is 0 Å². The van der Waals surface area contributed by atoms with E-state index in [0.717, 1.165) is 22.6 Å². The predicted molar refractivity (Wildman–Crippen MR) is 76.1 cm³/mol. The highest BCUT2D eigenvalue weighted by molar-refractivity contribution is 9.10. The lowest BCUT2D eigenvalue weighted by molar-refractivity contribution is 0.0697. The summed E-state index contributed by atoms with van der Waals surface area (Å²) in [5.74, 6) is 0.578. The lowest BCUT2D eigenvalue weighted by Gasteiger charge is -2.17. The number of rotatable bonds is 4. The number of benzene rings is 1. The van der Waals surface area contributed by atoms with Gasteiger partial charge in [-0.3, -0.25) is 0 Å². The number of nitrogens with one attached hydrogen (secondary N) is 1. The minimum absolute atomic E-state index is 0.311. The summed E-state index contributed by atoms with van der Waals surface area (Å²) in [6.45, 7) is 3.22. The Morgan fingerprint density at radius 2 is 2.22 bits per heavy atom. The fourth-order valence-corrected chi connectivity index (χ4v) is 3.08. The molecule has 4 heteroatoms. The zero-order valence-electron chi connectivity index (χ0n) is 10.4. The highest BCUT2D eigenvalue weighted by Crippen LogP contribution is 2.31. The number of carboxylic acids is 1. The van der Waals surface area contributed by atoms with E-state index < -0.39 is 5.97 Å². The van der Waals surface area contributed by atoms with Crippen LogP contribution in [0.25, 0.3) is 0 Å². The van der Waals surface area contributed by atoms with Crippen LogP contribution in [0.4, 0.5) is 5.69 Å². The standard InChI is InChI=1S/C14H18BrNO2/c1-9-3-2-4-10(9)8-16-13-6-11(14(17)18)5-12(15)7-13/h5-7,9-10,16H,2-4,8H2,1H3,(H,17,18). The third kappa shape index (κ3) is 3.25. The Kier molecular flexibility index (Phi) is 4.27. The van der Waals surface area contributed by atoms with Gasteiger partial charge in [-0.2, -0.15) is 0 Å². The van der Waals surface area contributed by atoms with Gasteiger partial charge < -0.3 is 10.4 Å². The monoisotopic (exact) mass is 311 g/mol. The van der Waals surface area contributed by atoms with Crippen LogP contribution in [0.3, 0.4) is 0 Å². The normalized spacial score (nSPS) is 23.0. The first kappa shape index (κ1) is 13.4. The van der Waals surface area contributed by atoms with Gasteiger partial charge in [0.25, 0.3) is 0 Å². The van der Waals surface area contributed by atoms with Crippen molar-refractivity contribution >= 4 is 27.6 Å². The quantitative estimate of drug-likeness (QED) is 0.883. The van der Waals surface area contributed by atoms with Crippen molar-refractivity contribution in [3.05, 3.63) is 28.2 Å². The van der Waals surface area contributed by atoms with Gasteiger partial charge in [-0.25, -0.2) is 4.79 Å². The number of hydrogen-bond donors (Lipinski definition) is 2. The van der Waals surface area contributed by atoms with Crippen LogP contribution in [-0.4, -0.2) is 17.6 Å². The van der Waals surface area contributed by atoms with E-state index >= 15 is 0 Å². The minimum Gasteiger partial charge on any atom is -0.478 e. The molecule has 0 spiro atoms. The van der Waals surface area contributed by atoms with E-state index in [-0.39, 0.29) is 0 Å². The SMILES string of the molecule is CC1CCCC1CNc1cc(Br)cc(C(=O)O)c1. The molecule has 2 atom stereocenters. The van der Waals surface area contributed by atoms with Gasteiger partial charge in [-0.15, -0.1) is 0 Å². The van der Waals surface area contributed by atoms with E-state index in [0.29, 0.717) is 11.5 Å². The predicted octanol–water partition coefficient (Wildman–Crippen LogP) is 4.00. The number of hydrogen-bond acceptors (Lipinski definition) is 2. The van der Waals surface area contributed by atoms with Crippen LogP contribution in [0, 0.1) is 11.8 Å². The molecule has 0 saturated heterocycles. The molecule has 0 radical (unpaired) electrons. The molecule has 3 nitrogen and oxygen atoms in total. The topological polar surface area (TPSA) is 49.3 Å². The summed E-state index contributed by atoms with van der Waals surface area (Å²) in [6, 6.07) is 5.23. The first-order valence-electron chi connectivity index (χ1n) is 6.34. The third-order valence-electron chi connectivity index (χ3n) is 3.75. The Morgan fingerprint density at radius 1 is 1.44 bits per heavy atom. The highest BCUT2D eigenvalue weighted by Gasteiger charge is 2.22. The van der Waals surface area contributed by atoms with Gasteiger partial charge >= 0.3 is 5.97 Å². The molecular weight excluding hydrogens is 294 g/mol. The Bertz CT molecular complexity index is 447. The summed E-state index contributed by atoms with van der Waals surface area (Å²) in [7, 11) is 0. The lowest BCUT2D eigenvalue weighted by atomic mass is 9.98. The Hall–Kier alpha value is -1.03. The van der Waals surface area contributed by atoms with Gasteiger partial charge in [0.1, 0.15) is 0 Å². The second-order valence-corrected chi connectivity index (χ2v) is 6.00. The summed E-state index contributed by atoms with van der Waals surface area (Å²) >= 11 is 3.34. The maximum atomic E-state index is 11.0. The molecule has 1 aliphatic carbocycles. The molecule has 1 aliphatic rings. The zero-order valence-corrected chi connectivity index (χ0v) is 12.0. The number of aromatic carboxylic acids is 1. The highest BCUT2D eigenvalue weighted by atomic mass is 79.9. The van der Waals surface area contributed by atoms with Gasteiger partial charge in [0.2, 0.25) is 0 Å². The van der Waals surface area contributed by atoms with Gasteiger partial charge in [-0.1, -0.05) is 35.7 Å². The average molecular weight is 312 g/mol. The van der Waals surface area contributed by atoms with E-state index in [1.54, 1.807) is 12.1 Å². The molecule has 2 unspecified atom stereocenters. The van der Waals surface area contributed by atoms with Gasteiger partial charge in [0.15, 0.2) is 0 Å². The molecule has 0 aromatic heterocycles. The fraction of sp³-hybridized carbons (Fsp3) is 0.500. The van der Waals surface area contributed by atoms with E-state index in [1.807, 2.05) is 6.07 Å². The fourth-order valence-electron chi connectivity index (χ4n) is 2.59. The van der Waals surface area contributed by atoms with Crippen molar-refractivity contribution in [2.24, 2.45) is 11.8 Å². The summed E-state index contributed by atoms with van der Waals surface area (Å²) in [6.07, 6.45) is 3.89. The first-order valence-corrected chi connectivity index (χ1v) is 7.13. The van der Waals surface area contributed by atoms with Gasteiger partial charge in [-0.05, 0) is 36.5 Å². The molecule has 2 N–H and O–H groups in total. The molecule has 0 bridgehead atoms. The van der Waals surface area contributed by atoms with Crippen molar-refractivity contribution in [3.63, 3.8) is 0 Å². The molecule has 0 heterocycles. The molecule has 1 aromatic carbocycles. The molecule has 0 amide bonds. The molecule has 1 aromatic rings. The molecule has 98 valence electrons. The second kappa shape index (κ2) is 5.74. The van der Waals surface area contributed by atoms with Crippen LogP contribution in [-0.2, 0) is 0 Å². The summed E-state index contributed by atoms with van der Waals surface area (Å²) < 4.78 is 0.796. The minimum atomic E-state index is -0.895. The van der Waals surface area contributed by atoms with Crippen molar-refractivity contribution in [2.45, 2.75) is 26.2 Å². The molecular formula is C14H18BrNO2. The Labute approximate surface area is 116 Å². The smallest absolute Gasteiger partial charge is 0.335 e. The van der Waals surface area contributed by atoms with Crippen LogP contribution in [0.15, 0.2) is 22.7 Å². The molecule has 2 rings (SSSR count). The van der Waals surface area contributed by atoms with Crippen LogP contribution in [0.2, 0.25) is 0 Å². The molecule has 18 heavy (non-hydrogen) atoms. The van der Waals surface area contributed by atoms with E-state index in [4.69, 9.17) is 5.11 Å². The number of carboxylic acid groups (broad SMARTS) is 1. The van der Waals surface area contributed by atoms with Crippen molar-refractivity contribution < 1.29 is 9.90 Å². The molecule has 1 saturated carbocycles. The zero-order chi connectivity index (χ0) is 13.1. The number of anilines is 1. The number of halogens is 1. The number of carbonyl (C=O) groups is 1. The van der Waals surface area contributed by atoms with Crippen molar-refractivity contribution in [2.75, 3.05) is 11.9 Å². The summed E-state index contributed by atoms with van der Waals surface area (Å²) in [4.78, 5) is 11.0. The van der Waals surface area contributed by atoms with Crippen LogP contribution >= 0.6 is 15.9 Å². The molecule has 1 fully saturated rings. The Balaban J connectivity index is 2.02. The first-order chi connectivity index (χ1) is 8.56. The van der Waals surface area contributed by atoms with Crippen LogP contribution < -0.4 is 5.32 Å². The third-order valence-corrected chi connectivity index (χ3v) is 4.21. The van der Waals surface area contributed by atoms with Crippen LogP contribution in [0.5, 0.6) is 0 Å². The van der Waals surface area contributed by atoms with Gasteiger partial charge in [0.05, 0.1) is 5.56 Å². The second-order valence-electron chi connectivity index (χ2n) is 5.08. The van der Waals surface area contributed by atoms with E-state index in [1.165, 1.54) is 19.3 Å². The van der Waals surface area contributed by atoms with Crippen molar-refractivity contribution in [3.8, 4) is 0 Å². The summed E-state index contributed by atoms with van der Waals surface area (Å²) in [5.41, 5.74) is 1.19. The van der Waals surface area contributed by atoms with Crippen molar-refractivity contribution in [1.29, 1.82) is 0 Å². The van der Waals surface area contributed by atoms with E-state index in [9.17, 15) is 4.79 Å². The Morgan fingerprint density at radius 3 is 2.83 bits per heavy atom. The summed E-state index contributed by atoms with van der Waals surface area (Å²) in [5, 5.41) is 12.4. The maximum absolute atomic E-state index is 11.0. The average Bonchev–Trinajstić information content (AvgIpc) is 2.71. The largest absolute Gasteiger partial charge is 0.478 e. The van der Waals surface area contributed by atoms with Crippen LogP contribution in [0.1, 0.15) is 36.5 Å². The van der Waals surface area contributed by atoms with Gasteiger partial charge in [0, 0.05) is 16.7 Å². The lowest BCUT2D eigenvalue weighted by Crippen LogP contribution is -2.16. The maximum Gasteiger partial charge on any atom is 0.335 e.